The molecular weight excluding hydrogens is 366 g/mol. The van der Waals surface area contributed by atoms with E-state index in [4.69, 9.17) is 4.74 Å². The van der Waals surface area contributed by atoms with Gasteiger partial charge in [-0.1, -0.05) is 31.5 Å². The third-order valence-corrected chi connectivity index (χ3v) is 4.32. The Bertz CT molecular complexity index is 803. The van der Waals surface area contributed by atoms with Crippen molar-refractivity contribution in [1.82, 2.24) is 20.5 Å². The number of hydrogen-bond donors (Lipinski definition) is 2. The molecule has 1 heterocycles. The zero-order valence-electron chi connectivity index (χ0n) is 17.7. The normalized spacial score (nSPS) is 11.1. The molecular formula is C22H31N5O2. The predicted octanol–water partition coefficient (Wildman–Crippen LogP) is 2.83. The molecule has 0 radical (unpaired) electrons. The molecule has 1 amide bonds. The first-order chi connectivity index (χ1) is 14.0. The van der Waals surface area contributed by atoms with Crippen LogP contribution in [0, 0.1) is 0 Å². The molecule has 0 atom stereocenters. The van der Waals surface area contributed by atoms with Gasteiger partial charge in [-0.05, 0) is 30.2 Å². The maximum atomic E-state index is 12.0. The fourth-order valence-corrected chi connectivity index (χ4v) is 2.61. The van der Waals surface area contributed by atoms with Crippen LogP contribution in [-0.4, -0.2) is 49.5 Å². The number of unbranched alkanes of at least 4 members (excludes halogenated alkanes) is 1. The van der Waals surface area contributed by atoms with Crippen LogP contribution in [0.1, 0.15) is 41.3 Å². The molecule has 0 spiro atoms. The van der Waals surface area contributed by atoms with E-state index in [0.29, 0.717) is 37.1 Å². The molecule has 0 saturated carbocycles. The average molecular weight is 398 g/mol. The van der Waals surface area contributed by atoms with Crippen LogP contribution in [0.2, 0.25) is 0 Å². The molecule has 2 rings (SSSR count). The van der Waals surface area contributed by atoms with E-state index in [2.05, 4.69) is 27.5 Å². The van der Waals surface area contributed by atoms with Crippen LogP contribution in [0.4, 0.5) is 0 Å². The third-order valence-electron chi connectivity index (χ3n) is 4.32. The number of pyridine rings is 1. The van der Waals surface area contributed by atoms with Gasteiger partial charge in [-0.3, -0.25) is 9.79 Å². The molecule has 2 N–H and O–H groups in total. The maximum Gasteiger partial charge on any atom is 0.253 e. The van der Waals surface area contributed by atoms with E-state index in [-0.39, 0.29) is 5.91 Å². The van der Waals surface area contributed by atoms with Gasteiger partial charge < -0.3 is 20.3 Å². The Labute approximate surface area is 173 Å². The molecule has 1 aromatic carbocycles. The van der Waals surface area contributed by atoms with Crippen LogP contribution in [0.3, 0.4) is 0 Å². The monoisotopic (exact) mass is 397 g/mol. The Morgan fingerprint density at radius 3 is 2.52 bits per heavy atom. The van der Waals surface area contributed by atoms with Crippen molar-refractivity contribution in [2.45, 2.75) is 32.9 Å². The first-order valence-electron chi connectivity index (χ1n) is 9.87. The van der Waals surface area contributed by atoms with Gasteiger partial charge in [0.25, 0.3) is 5.91 Å². The van der Waals surface area contributed by atoms with Crippen LogP contribution in [0.25, 0.3) is 0 Å². The number of amides is 1. The Balaban J connectivity index is 1.88. The van der Waals surface area contributed by atoms with Gasteiger partial charge in [-0.15, -0.1) is 0 Å². The number of aliphatic imine (C=N–C) groups is 1. The van der Waals surface area contributed by atoms with Crippen molar-refractivity contribution in [3.63, 3.8) is 0 Å². The second-order valence-corrected chi connectivity index (χ2v) is 6.85. The summed E-state index contributed by atoms with van der Waals surface area (Å²) in [5.41, 5.74) is 2.72. The molecule has 7 heteroatoms. The molecule has 7 nitrogen and oxygen atoms in total. The van der Waals surface area contributed by atoms with Crippen LogP contribution in [0.5, 0.6) is 5.88 Å². The highest BCUT2D eigenvalue weighted by atomic mass is 16.5. The highest BCUT2D eigenvalue weighted by molar-refractivity contribution is 5.93. The molecule has 0 unspecified atom stereocenters. The van der Waals surface area contributed by atoms with Crippen LogP contribution in [-0.2, 0) is 13.1 Å². The Kier molecular flexibility index (Phi) is 8.95. The number of rotatable bonds is 9. The summed E-state index contributed by atoms with van der Waals surface area (Å²) in [6.07, 6.45) is 3.83. The number of hydrogen-bond acceptors (Lipinski definition) is 4. The van der Waals surface area contributed by atoms with E-state index in [1.54, 1.807) is 32.2 Å². The molecule has 29 heavy (non-hydrogen) atoms. The molecule has 0 bridgehead atoms. The van der Waals surface area contributed by atoms with E-state index in [1.807, 2.05) is 36.4 Å². The number of carbonyl (C=O) groups excluding carboxylic acids is 1. The van der Waals surface area contributed by atoms with Gasteiger partial charge in [-0.2, -0.15) is 0 Å². The minimum Gasteiger partial charge on any atom is -0.477 e. The second-order valence-electron chi connectivity index (χ2n) is 6.85. The van der Waals surface area contributed by atoms with Crippen molar-refractivity contribution in [2.75, 3.05) is 27.7 Å². The highest BCUT2D eigenvalue weighted by Gasteiger charge is 2.08. The summed E-state index contributed by atoms with van der Waals surface area (Å²) in [4.78, 5) is 22.1. The SMILES string of the molecule is CCCCOc1ncccc1CNC(=NC)NCc1ccc(C(=O)N(C)C)cc1. The largest absolute Gasteiger partial charge is 0.477 e. The van der Waals surface area contributed by atoms with E-state index >= 15 is 0 Å². The molecule has 0 fully saturated rings. The molecule has 2 aromatic rings. The van der Waals surface area contributed by atoms with Gasteiger partial charge in [0, 0.05) is 51.6 Å². The van der Waals surface area contributed by atoms with E-state index in [1.165, 1.54) is 0 Å². The lowest BCUT2D eigenvalue weighted by Gasteiger charge is -2.14. The average Bonchev–Trinajstić information content (AvgIpc) is 2.74. The first-order valence-corrected chi connectivity index (χ1v) is 9.87. The third kappa shape index (κ3) is 7.10. The molecule has 0 aliphatic rings. The van der Waals surface area contributed by atoms with Crippen LogP contribution < -0.4 is 15.4 Å². The molecule has 0 aliphatic carbocycles. The van der Waals surface area contributed by atoms with Gasteiger partial charge in [-0.25, -0.2) is 4.98 Å². The number of guanidine groups is 1. The van der Waals surface area contributed by atoms with Crippen molar-refractivity contribution >= 4 is 11.9 Å². The minimum absolute atomic E-state index is 0.00424. The summed E-state index contributed by atoms with van der Waals surface area (Å²) in [6, 6.07) is 11.5. The Morgan fingerprint density at radius 1 is 1.14 bits per heavy atom. The Hall–Kier alpha value is -3.09. The van der Waals surface area contributed by atoms with Gasteiger partial charge in [0.1, 0.15) is 0 Å². The molecule has 1 aromatic heterocycles. The fraction of sp³-hybridized carbons (Fsp3) is 0.409. The summed E-state index contributed by atoms with van der Waals surface area (Å²) in [5.74, 6) is 1.34. The quantitative estimate of drug-likeness (QED) is 0.386. The molecule has 0 saturated heterocycles. The van der Waals surface area contributed by atoms with E-state index < -0.39 is 0 Å². The number of aromatic nitrogens is 1. The summed E-state index contributed by atoms with van der Waals surface area (Å²) in [6.45, 7) is 3.96. The summed E-state index contributed by atoms with van der Waals surface area (Å²) < 4.78 is 5.78. The minimum atomic E-state index is -0.00424. The van der Waals surface area contributed by atoms with Gasteiger partial charge >= 0.3 is 0 Å². The van der Waals surface area contributed by atoms with Gasteiger partial charge in [0.2, 0.25) is 5.88 Å². The van der Waals surface area contributed by atoms with Crippen molar-refractivity contribution in [1.29, 1.82) is 0 Å². The zero-order chi connectivity index (χ0) is 21.1. The van der Waals surface area contributed by atoms with Gasteiger partial charge in [0.15, 0.2) is 5.96 Å². The van der Waals surface area contributed by atoms with Crippen molar-refractivity contribution in [3.05, 3.63) is 59.3 Å². The number of ether oxygens (including phenoxy) is 1. The van der Waals surface area contributed by atoms with Crippen LogP contribution >= 0.6 is 0 Å². The van der Waals surface area contributed by atoms with E-state index in [0.717, 1.165) is 24.0 Å². The molecule has 156 valence electrons. The van der Waals surface area contributed by atoms with Crippen molar-refractivity contribution in [2.24, 2.45) is 4.99 Å². The Morgan fingerprint density at radius 2 is 1.86 bits per heavy atom. The summed E-state index contributed by atoms with van der Waals surface area (Å²) >= 11 is 0. The lowest BCUT2D eigenvalue weighted by atomic mass is 10.1. The smallest absolute Gasteiger partial charge is 0.253 e. The lowest BCUT2D eigenvalue weighted by molar-refractivity contribution is 0.0827. The van der Waals surface area contributed by atoms with Crippen molar-refractivity contribution < 1.29 is 9.53 Å². The zero-order valence-corrected chi connectivity index (χ0v) is 17.7. The second kappa shape index (κ2) is 11.7. The van der Waals surface area contributed by atoms with Crippen LogP contribution in [0.15, 0.2) is 47.6 Å². The lowest BCUT2D eigenvalue weighted by Crippen LogP contribution is -2.36. The van der Waals surface area contributed by atoms with E-state index in [9.17, 15) is 4.79 Å². The number of nitrogens with zero attached hydrogens (tertiary/aromatic N) is 3. The number of benzene rings is 1. The van der Waals surface area contributed by atoms with Gasteiger partial charge in [0.05, 0.1) is 6.61 Å². The fourth-order valence-electron chi connectivity index (χ4n) is 2.61. The highest BCUT2D eigenvalue weighted by Crippen LogP contribution is 2.14. The standard InChI is InChI=1S/C22H31N5O2/c1-5-6-14-29-20-19(8-7-13-24-20)16-26-22(23-2)25-15-17-9-11-18(12-10-17)21(28)27(3)4/h7-13H,5-6,14-16H2,1-4H3,(H2,23,25,26). The topological polar surface area (TPSA) is 78.8 Å². The first kappa shape index (κ1) is 22.2. The molecule has 0 aliphatic heterocycles. The van der Waals surface area contributed by atoms with Crippen molar-refractivity contribution in [3.8, 4) is 5.88 Å². The number of carbonyl (C=O) groups is 1. The number of nitrogens with one attached hydrogen (secondary N) is 2. The maximum absolute atomic E-state index is 12.0. The summed E-state index contributed by atoms with van der Waals surface area (Å²) in [7, 11) is 5.22. The summed E-state index contributed by atoms with van der Waals surface area (Å²) in [5, 5.41) is 6.57. The predicted molar refractivity (Wildman–Crippen MR) is 116 cm³/mol.